The zero-order chi connectivity index (χ0) is 26.6. The summed E-state index contributed by atoms with van der Waals surface area (Å²) in [6, 6.07) is 10.2. The SMILES string of the molecule is CCCCCCc1nc(C)c2c(=O)[nH]c(-c3cc(S(=O)(=O)Nc4cccc(O)c4)ccc3OCC)nn12. The van der Waals surface area contributed by atoms with Crippen molar-refractivity contribution in [3.05, 3.63) is 64.3 Å². The van der Waals surface area contributed by atoms with Gasteiger partial charge in [-0.25, -0.2) is 17.9 Å². The first kappa shape index (κ1) is 26.2. The lowest BCUT2D eigenvalue weighted by Crippen LogP contribution is -2.17. The van der Waals surface area contributed by atoms with Crippen molar-refractivity contribution >= 4 is 21.2 Å². The molecule has 0 aliphatic heterocycles. The van der Waals surface area contributed by atoms with E-state index < -0.39 is 10.0 Å². The number of imidazole rings is 1. The van der Waals surface area contributed by atoms with Crippen molar-refractivity contribution < 1.29 is 18.3 Å². The molecule has 37 heavy (non-hydrogen) atoms. The molecule has 2 heterocycles. The van der Waals surface area contributed by atoms with Crippen LogP contribution in [0.4, 0.5) is 5.69 Å². The third kappa shape index (κ3) is 5.77. The topological polar surface area (TPSA) is 139 Å². The lowest BCUT2D eigenvalue weighted by molar-refractivity contribution is 0.341. The molecular formula is C26H31N5O5S. The number of phenolic OH excluding ortho intramolecular Hbond substituents is 1. The molecule has 0 spiro atoms. The largest absolute Gasteiger partial charge is 0.508 e. The quantitative estimate of drug-likeness (QED) is 0.246. The van der Waals surface area contributed by atoms with E-state index in [0.717, 1.165) is 25.7 Å². The molecule has 2 aromatic carbocycles. The number of aromatic nitrogens is 4. The normalized spacial score (nSPS) is 11.6. The number of ether oxygens (including phenoxy) is 1. The molecule has 0 atom stereocenters. The van der Waals surface area contributed by atoms with E-state index in [2.05, 4.69) is 26.7 Å². The van der Waals surface area contributed by atoms with Crippen molar-refractivity contribution in [2.45, 2.75) is 57.8 Å². The number of nitrogens with zero attached hydrogens (tertiary/aromatic N) is 3. The molecule has 0 bridgehead atoms. The number of sulfonamides is 1. The fourth-order valence-electron chi connectivity index (χ4n) is 4.16. The van der Waals surface area contributed by atoms with Gasteiger partial charge in [-0.05, 0) is 50.6 Å². The second-order valence-corrected chi connectivity index (χ2v) is 10.4. The minimum absolute atomic E-state index is 0.0568. The average molecular weight is 526 g/mol. The third-order valence-electron chi connectivity index (χ3n) is 5.91. The maximum absolute atomic E-state index is 13.1. The van der Waals surface area contributed by atoms with Crippen molar-refractivity contribution in [3.63, 3.8) is 0 Å². The zero-order valence-corrected chi connectivity index (χ0v) is 21.9. The number of rotatable bonds is 11. The van der Waals surface area contributed by atoms with Gasteiger partial charge in [0.25, 0.3) is 15.6 Å². The predicted molar refractivity (Wildman–Crippen MR) is 142 cm³/mol. The predicted octanol–water partition coefficient (Wildman–Crippen LogP) is 4.42. The summed E-state index contributed by atoms with van der Waals surface area (Å²) in [4.78, 5) is 20.4. The van der Waals surface area contributed by atoms with E-state index in [1.807, 2.05) is 6.92 Å². The van der Waals surface area contributed by atoms with Crippen molar-refractivity contribution in [3.8, 4) is 22.9 Å². The lowest BCUT2D eigenvalue weighted by atomic mass is 10.1. The van der Waals surface area contributed by atoms with Crippen LogP contribution in [0.1, 0.15) is 51.0 Å². The average Bonchev–Trinajstić information content (AvgIpc) is 3.17. The van der Waals surface area contributed by atoms with Gasteiger partial charge in [0.05, 0.1) is 28.4 Å². The highest BCUT2D eigenvalue weighted by Gasteiger charge is 2.21. The maximum atomic E-state index is 13.1. The number of aromatic hydroxyl groups is 1. The van der Waals surface area contributed by atoms with Crippen LogP contribution in [-0.4, -0.2) is 39.7 Å². The number of aryl methyl sites for hydroxylation is 2. The highest BCUT2D eigenvalue weighted by molar-refractivity contribution is 7.92. The van der Waals surface area contributed by atoms with Gasteiger partial charge in [-0.1, -0.05) is 32.3 Å². The summed E-state index contributed by atoms with van der Waals surface area (Å²) in [5, 5.41) is 14.3. The maximum Gasteiger partial charge on any atom is 0.277 e. The van der Waals surface area contributed by atoms with E-state index in [0.29, 0.717) is 41.4 Å². The zero-order valence-electron chi connectivity index (χ0n) is 21.1. The van der Waals surface area contributed by atoms with Crippen LogP contribution in [0.5, 0.6) is 11.5 Å². The minimum Gasteiger partial charge on any atom is -0.508 e. The summed E-state index contributed by atoms with van der Waals surface area (Å²) in [5.74, 6) is 1.16. The molecule has 0 aliphatic rings. The Morgan fingerprint density at radius 2 is 1.92 bits per heavy atom. The number of anilines is 1. The van der Waals surface area contributed by atoms with E-state index in [1.165, 1.54) is 42.5 Å². The Balaban J connectivity index is 1.79. The van der Waals surface area contributed by atoms with Crippen molar-refractivity contribution in [2.75, 3.05) is 11.3 Å². The van der Waals surface area contributed by atoms with E-state index >= 15 is 0 Å². The van der Waals surface area contributed by atoms with Crippen molar-refractivity contribution in [2.24, 2.45) is 0 Å². The summed E-state index contributed by atoms with van der Waals surface area (Å²) >= 11 is 0. The van der Waals surface area contributed by atoms with Gasteiger partial charge in [0, 0.05) is 12.5 Å². The second kappa shape index (κ2) is 11.0. The van der Waals surface area contributed by atoms with E-state index in [-0.39, 0.29) is 27.7 Å². The Hall–Kier alpha value is -3.86. The van der Waals surface area contributed by atoms with Gasteiger partial charge in [0.2, 0.25) is 0 Å². The lowest BCUT2D eigenvalue weighted by Gasteiger charge is -2.13. The molecule has 0 unspecified atom stereocenters. The van der Waals surface area contributed by atoms with Gasteiger partial charge in [-0.15, -0.1) is 5.10 Å². The summed E-state index contributed by atoms with van der Waals surface area (Å²) in [5.41, 5.74) is 1.11. The smallest absolute Gasteiger partial charge is 0.277 e. The van der Waals surface area contributed by atoms with Crippen molar-refractivity contribution in [1.82, 2.24) is 19.6 Å². The molecule has 3 N–H and O–H groups in total. The molecule has 11 heteroatoms. The molecule has 10 nitrogen and oxygen atoms in total. The number of nitrogens with one attached hydrogen (secondary N) is 2. The number of hydrogen-bond donors (Lipinski definition) is 3. The van der Waals surface area contributed by atoms with Gasteiger partial charge in [0.15, 0.2) is 11.3 Å². The molecule has 0 aliphatic carbocycles. The molecule has 0 saturated heterocycles. The Bertz CT molecular complexity index is 1580. The summed E-state index contributed by atoms with van der Waals surface area (Å²) < 4.78 is 36.0. The molecule has 4 rings (SSSR count). The van der Waals surface area contributed by atoms with Gasteiger partial charge in [0.1, 0.15) is 17.3 Å². The van der Waals surface area contributed by atoms with Crippen LogP contribution in [0.2, 0.25) is 0 Å². The summed E-state index contributed by atoms with van der Waals surface area (Å²) in [6.07, 6.45) is 4.89. The second-order valence-electron chi connectivity index (χ2n) is 8.73. The standard InChI is InChI=1S/C26H31N5O5S/c1-4-6-7-8-12-23-27-17(3)24-26(33)28-25(29-31(23)24)21-16-20(13-14-22(21)36-5-2)37(34,35)30-18-10-9-11-19(32)15-18/h9-11,13-16,30,32H,4-8,12H2,1-3H3,(H,28,29,33). The number of H-pyrrole nitrogens is 1. The highest BCUT2D eigenvalue weighted by atomic mass is 32.2. The first-order chi connectivity index (χ1) is 17.7. The van der Waals surface area contributed by atoms with Gasteiger partial charge < -0.3 is 14.8 Å². The van der Waals surface area contributed by atoms with Crippen LogP contribution >= 0.6 is 0 Å². The van der Waals surface area contributed by atoms with Crippen LogP contribution in [0.15, 0.2) is 52.2 Å². The number of aromatic amines is 1. The Kier molecular flexibility index (Phi) is 7.82. The summed E-state index contributed by atoms with van der Waals surface area (Å²) in [6.45, 7) is 6.06. The molecule has 0 fully saturated rings. The van der Waals surface area contributed by atoms with E-state index in [4.69, 9.17) is 4.74 Å². The van der Waals surface area contributed by atoms with Gasteiger partial charge in [-0.2, -0.15) is 0 Å². The number of phenols is 1. The van der Waals surface area contributed by atoms with Crippen LogP contribution in [-0.2, 0) is 16.4 Å². The minimum atomic E-state index is -4.02. The third-order valence-corrected chi connectivity index (χ3v) is 7.29. The molecule has 0 saturated carbocycles. The van der Waals surface area contributed by atoms with Crippen LogP contribution < -0.4 is 15.0 Å². The molecular weight excluding hydrogens is 494 g/mol. The number of hydrogen-bond acceptors (Lipinski definition) is 7. The highest BCUT2D eigenvalue weighted by Crippen LogP contribution is 2.31. The van der Waals surface area contributed by atoms with Crippen molar-refractivity contribution in [1.29, 1.82) is 0 Å². The first-order valence-corrected chi connectivity index (χ1v) is 13.8. The summed E-state index contributed by atoms with van der Waals surface area (Å²) in [7, 11) is -4.02. The Morgan fingerprint density at radius 1 is 1.11 bits per heavy atom. The fraction of sp³-hybridized carbons (Fsp3) is 0.346. The van der Waals surface area contributed by atoms with E-state index in [1.54, 1.807) is 11.4 Å². The molecule has 4 aromatic rings. The first-order valence-electron chi connectivity index (χ1n) is 12.3. The van der Waals surface area contributed by atoms with Crippen LogP contribution in [0, 0.1) is 6.92 Å². The van der Waals surface area contributed by atoms with Crippen LogP contribution in [0.3, 0.4) is 0 Å². The molecule has 2 aromatic heterocycles. The van der Waals surface area contributed by atoms with E-state index in [9.17, 15) is 18.3 Å². The van der Waals surface area contributed by atoms with Gasteiger partial charge >= 0.3 is 0 Å². The fourth-order valence-corrected chi connectivity index (χ4v) is 5.23. The molecule has 196 valence electrons. The Morgan fingerprint density at radius 3 is 2.65 bits per heavy atom. The van der Waals surface area contributed by atoms with Gasteiger partial charge in [-0.3, -0.25) is 9.52 Å². The number of fused-ring (bicyclic) bond motifs is 1. The Labute approximate surface area is 215 Å². The number of benzene rings is 2. The molecule has 0 amide bonds. The monoisotopic (exact) mass is 525 g/mol. The van der Waals surface area contributed by atoms with Crippen LogP contribution in [0.25, 0.3) is 16.9 Å². The molecule has 0 radical (unpaired) electrons. The number of unbranched alkanes of at least 4 members (excludes halogenated alkanes) is 3.